The standard InChI is InChI=1S/C8H10NO2S/c1-8(2)10-3-7(11-8)6-4-12-5-9-6/h4,7H,3H2,1-2H3. The molecule has 1 unspecified atom stereocenters. The monoisotopic (exact) mass is 184 g/mol. The van der Waals surface area contributed by atoms with Crippen molar-refractivity contribution >= 4 is 11.3 Å². The first-order valence-corrected chi connectivity index (χ1v) is 4.68. The molecule has 12 heavy (non-hydrogen) atoms. The second-order valence-corrected chi connectivity index (χ2v) is 3.83. The fourth-order valence-electron chi connectivity index (χ4n) is 1.17. The summed E-state index contributed by atoms with van der Waals surface area (Å²) in [6.45, 7) is 4.40. The molecule has 2 heterocycles. The van der Waals surface area contributed by atoms with Crippen molar-refractivity contribution in [1.82, 2.24) is 4.98 Å². The zero-order valence-electron chi connectivity index (χ0n) is 7.03. The Labute approximate surface area is 75.3 Å². The molecule has 0 spiro atoms. The van der Waals surface area contributed by atoms with E-state index in [0.717, 1.165) is 5.69 Å². The summed E-state index contributed by atoms with van der Waals surface area (Å²) in [6.07, 6.45) is -0.0116. The van der Waals surface area contributed by atoms with Crippen molar-refractivity contribution in [2.45, 2.75) is 25.7 Å². The highest BCUT2D eigenvalue weighted by atomic mass is 32.1. The summed E-state index contributed by atoms with van der Waals surface area (Å²) in [5, 5.41) is 1.94. The second-order valence-electron chi connectivity index (χ2n) is 3.18. The number of hydrogen-bond acceptors (Lipinski definition) is 4. The Morgan fingerprint density at radius 3 is 3.08 bits per heavy atom. The van der Waals surface area contributed by atoms with Gasteiger partial charge in [-0.25, -0.2) is 4.98 Å². The van der Waals surface area contributed by atoms with Crippen LogP contribution in [-0.4, -0.2) is 17.4 Å². The van der Waals surface area contributed by atoms with E-state index < -0.39 is 5.79 Å². The van der Waals surface area contributed by atoms with E-state index in [9.17, 15) is 0 Å². The van der Waals surface area contributed by atoms with Crippen molar-refractivity contribution in [1.29, 1.82) is 0 Å². The van der Waals surface area contributed by atoms with Gasteiger partial charge in [-0.3, -0.25) is 0 Å². The smallest absolute Gasteiger partial charge is 0.163 e. The largest absolute Gasteiger partial charge is 0.347 e. The van der Waals surface area contributed by atoms with E-state index in [1.165, 1.54) is 11.3 Å². The van der Waals surface area contributed by atoms with Gasteiger partial charge in [0.2, 0.25) is 0 Å². The highest BCUT2D eigenvalue weighted by Gasteiger charge is 2.34. The summed E-state index contributed by atoms with van der Waals surface area (Å²) in [7, 11) is 0. The van der Waals surface area contributed by atoms with Gasteiger partial charge in [0.1, 0.15) is 6.10 Å². The molecule has 65 valence electrons. The van der Waals surface area contributed by atoms with Crippen LogP contribution >= 0.6 is 11.3 Å². The molecule has 0 aromatic carbocycles. The molecule has 0 bridgehead atoms. The normalized spacial score (nSPS) is 27.7. The van der Waals surface area contributed by atoms with E-state index in [-0.39, 0.29) is 6.10 Å². The number of nitrogens with zero attached hydrogens (tertiary/aromatic N) is 1. The van der Waals surface area contributed by atoms with Crippen LogP contribution in [0, 0.1) is 5.51 Å². The Morgan fingerprint density at radius 1 is 1.75 bits per heavy atom. The molecule has 3 nitrogen and oxygen atoms in total. The molecule has 1 atom stereocenters. The van der Waals surface area contributed by atoms with Crippen molar-refractivity contribution in [2.75, 3.05) is 6.61 Å². The maximum atomic E-state index is 5.60. The van der Waals surface area contributed by atoms with Gasteiger partial charge in [0.05, 0.1) is 12.3 Å². The van der Waals surface area contributed by atoms with Crippen LogP contribution in [0.1, 0.15) is 25.6 Å². The van der Waals surface area contributed by atoms with E-state index >= 15 is 0 Å². The summed E-state index contributed by atoms with van der Waals surface area (Å²) in [6, 6.07) is 0. The fraction of sp³-hybridized carbons (Fsp3) is 0.625. The molecular formula is C8H10NO2S. The van der Waals surface area contributed by atoms with Crippen LogP contribution in [0.3, 0.4) is 0 Å². The average molecular weight is 184 g/mol. The van der Waals surface area contributed by atoms with E-state index in [1.54, 1.807) is 0 Å². The van der Waals surface area contributed by atoms with Crippen LogP contribution in [0.2, 0.25) is 0 Å². The second kappa shape index (κ2) is 2.80. The van der Waals surface area contributed by atoms with Crippen LogP contribution < -0.4 is 0 Å². The third-order valence-electron chi connectivity index (χ3n) is 1.75. The highest BCUT2D eigenvalue weighted by molar-refractivity contribution is 7.07. The number of thiazole rings is 1. The average Bonchev–Trinajstić information content (AvgIpc) is 2.55. The highest BCUT2D eigenvalue weighted by Crippen LogP contribution is 2.32. The predicted molar refractivity (Wildman–Crippen MR) is 44.8 cm³/mol. The van der Waals surface area contributed by atoms with Gasteiger partial charge in [-0.2, -0.15) is 0 Å². The third-order valence-corrected chi connectivity index (χ3v) is 2.30. The van der Waals surface area contributed by atoms with Gasteiger partial charge in [0, 0.05) is 5.38 Å². The minimum atomic E-state index is -0.464. The van der Waals surface area contributed by atoms with Gasteiger partial charge in [-0.15, -0.1) is 11.3 Å². The maximum Gasteiger partial charge on any atom is 0.163 e. The molecule has 4 heteroatoms. The molecular weight excluding hydrogens is 174 g/mol. The van der Waals surface area contributed by atoms with Crippen LogP contribution in [0.25, 0.3) is 0 Å². The molecule has 0 N–H and O–H groups in total. The van der Waals surface area contributed by atoms with Crippen molar-refractivity contribution in [3.63, 3.8) is 0 Å². The lowest BCUT2D eigenvalue weighted by atomic mass is 10.3. The first kappa shape index (κ1) is 8.16. The van der Waals surface area contributed by atoms with E-state index in [2.05, 4.69) is 10.5 Å². The first-order valence-electron chi connectivity index (χ1n) is 3.81. The Balaban J connectivity index is 2.10. The molecule has 1 radical (unpaired) electrons. The zero-order valence-corrected chi connectivity index (χ0v) is 7.85. The van der Waals surface area contributed by atoms with Crippen LogP contribution in [0.4, 0.5) is 0 Å². The number of hydrogen-bond donors (Lipinski definition) is 0. The minimum absolute atomic E-state index is 0.0116. The lowest BCUT2D eigenvalue weighted by molar-refractivity contribution is -0.139. The molecule has 1 aliphatic rings. The van der Waals surface area contributed by atoms with Crippen molar-refractivity contribution in [2.24, 2.45) is 0 Å². The van der Waals surface area contributed by atoms with Crippen LogP contribution in [0.15, 0.2) is 5.38 Å². The van der Waals surface area contributed by atoms with Gasteiger partial charge in [-0.1, -0.05) is 0 Å². The van der Waals surface area contributed by atoms with Gasteiger partial charge in [0.15, 0.2) is 11.3 Å². The van der Waals surface area contributed by atoms with Crippen LogP contribution in [-0.2, 0) is 9.47 Å². The van der Waals surface area contributed by atoms with E-state index in [4.69, 9.17) is 9.47 Å². The molecule has 0 aliphatic carbocycles. The predicted octanol–water partition coefficient (Wildman–Crippen LogP) is 1.77. The molecule has 1 aromatic heterocycles. The van der Waals surface area contributed by atoms with Crippen molar-refractivity contribution in [3.8, 4) is 0 Å². The van der Waals surface area contributed by atoms with Gasteiger partial charge in [0.25, 0.3) is 0 Å². The maximum absolute atomic E-state index is 5.60. The molecule has 1 saturated heterocycles. The van der Waals surface area contributed by atoms with Gasteiger partial charge in [-0.05, 0) is 13.8 Å². The lowest BCUT2D eigenvalue weighted by Crippen LogP contribution is -2.19. The minimum Gasteiger partial charge on any atom is -0.347 e. The van der Waals surface area contributed by atoms with Gasteiger partial charge < -0.3 is 9.47 Å². The van der Waals surface area contributed by atoms with Crippen molar-refractivity contribution in [3.05, 3.63) is 16.6 Å². The Hall–Kier alpha value is -0.450. The molecule has 1 aliphatic heterocycles. The zero-order chi connectivity index (χ0) is 8.60. The molecule has 0 saturated carbocycles. The summed E-state index contributed by atoms with van der Waals surface area (Å²) >= 11 is 1.45. The third kappa shape index (κ3) is 1.50. The molecule has 2 rings (SSSR count). The van der Waals surface area contributed by atoms with Crippen LogP contribution in [0.5, 0.6) is 0 Å². The molecule has 1 fully saturated rings. The Bertz CT molecular complexity index is 258. The summed E-state index contributed by atoms with van der Waals surface area (Å²) in [4.78, 5) is 4.05. The number of ether oxygens (including phenoxy) is 2. The molecule has 0 amide bonds. The Kier molecular flexibility index (Phi) is 1.90. The lowest BCUT2D eigenvalue weighted by Gasteiger charge is -2.16. The molecule has 1 aromatic rings. The van der Waals surface area contributed by atoms with Gasteiger partial charge >= 0.3 is 0 Å². The number of aromatic nitrogens is 1. The van der Waals surface area contributed by atoms with Crippen molar-refractivity contribution < 1.29 is 9.47 Å². The summed E-state index contributed by atoms with van der Waals surface area (Å²) in [5.41, 5.74) is 3.71. The SMILES string of the molecule is CC1(C)OCC(c2cs[c]n2)O1. The number of rotatable bonds is 1. The van der Waals surface area contributed by atoms with E-state index in [0.29, 0.717) is 6.61 Å². The van der Waals surface area contributed by atoms with E-state index in [1.807, 2.05) is 19.2 Å². The quantitative estimate of drug-likeness (QED) is 0.666. The topological polar surface area (TPSA) is 31.4 Å². The first-order chi connectivity index (χ1) is 5.67. The fourth-order valence-corrected chi connectivity index (χ4v) is 1.71. The summed E-state index contributed by atoms with van der Waals surface area (Å²) < 4.78 is 11.0. The summed E-state index contributed by atoms with van der Waals surface area (Å²) in [5.74, 6) is -0.464. The Morgan fingerprint density at radius 2 is 2.58 bits per heavy atom.